The van der Waals surface area contributed by atoms with Crippen LogP contribution in [0, 0.1) is 0 Å². The summed E-state index contributed by atoms with van der Waals surface area (Å²) < 4.78 is 37.0. The van der Waals surface area contributed by atoms with Gasteiger partial charge in [0.1, 0.15) is 0 Å². The van der Waals surface area contributed by atoms with E-state index in [-0.39, 0.29) is 0 Å². The van der Waals surface area contributed by atoms with Crippen LogP contribution in [0.15, 0.2) is 0 Å². The van der Waals surface area contributed by atoms with Crippen LogP contribution in [-0.2, 0) is 0 Å². The van der Waals surface area contributed by atoms with Gasteiger partial charge in [-0.15, -0.1) is 0 Å². The number of halogens is 3. The summed E-state index contributed by atoms with van der Waals surface area (Å²) in [6.45, 7) is 7.47. The van der Waals surface area contributed by atoms with Crippen molar-refractivity contribution in [1.29, 1.82) is 0 Å². The molecule has 5 heteroatoms. The lowest BCUT2D eigenvalue weighted by Gasteiger charge is -2.22. The Morgan fingerprint density at radius 1 is 1.00 bits per heavy atom. The van der Waals surface area contributed by atoms with Gasteiger partial charge in [-0.25, -0.2) is 0 Å². The van der Waals surface area contributed by atoms with Crippen LogP contribution in [0.25, 0.3) is 0 Å². The average Bonchev–Trinajstić information content (AvgIpc) is 2.25. The first-order valence-electron chi connectivity index (χ1n) is 7.37. The molecule has 0 aromatic rings. The number of nitrogens with zero attached hydrogens (tertiary/aromatic N) is 1. The molecular weight excluding hydrogens is 253 g/mol. The van der Waals surface area contributed by atoms with Crippen LogP contribution in [0.3, 0.4) is 0 Å². The molecule has 0 fully saturated rings. The highest BCUT2D eigenvalue weighted by Crippen LogP contribution is 2.17. The Kier molecular flexibility index (Phi) is 10.3. The first-order valence-corrected chi connectivity index (χ1v) is 7.37. The van der Waals surface area contributed by atoms with E-state index in [1.165, 1.54) is 4.90 Å². The van der Waals surface area contributed by atoms with E-state index >= 15 is 0 Å². The highest BCUT2D eigenvalue weighted by atomic mass is 19.4. The van der Waals surface area contributed by atoms with Gasteiger partial charge in [0.15, 0.2) is 0 Å². The van der Waals surface area contributed by atoms with Gasteiger partial charge in [0.2, 0.25) is 0 Å². The SMILES string of the molecule is CCCN(CCCCCCNC(C)C)CC(F)(F)F. The maximum absolute atomic E-state index is 12.3. The molecule has 0 unspecified atom stereocenters. The molecule has 116 valence electrons. The number of rotatable bonds is 11. The number of alkyl halides is 3. The van der Waals surface area contributed by atoms with Crippen molar-refractivity contribution in [3.63, 3.8) is 0 Å². The van der Waals surface area contributed by atoms with Crippen LogP contribution in [0.4, 0.5) is 13.2 Å². The quantitative estimate of drug-likeness (QED) is 0.580. The summed E-state index contributed by atoms with van der Waals surface area (Å²) in [5.41, 5.74) is 0. The Bertz CT molecular complexity index is 205. The van der Waals surface area contributed by atoms with Crippen LogP contribution in [0.5, 0.6) is 0 Å². The Balaban J connectivity index is 3.59. The highest BCUT2D eigenvalue weighted by Gasteiger charge is 2.29. The third-order valence-electron chi connectivity index (χ3n) is 2.90. The molecule has 0 heterocycles. The van der Waals surface area contributed by atoms with Gasteiger partial charge in [0.25, 0.3) is 0 Å². The predicted molar refractivity (Wildman–Crippen MR) is 74.4 cm³/mol. The van der Waals surface area contributed by atoms with Crippen LogP contribution >= 0.6 is 0 Å². The second kappa shape index (κ2) is 10.5. The lowest BCUT2D eigenvalue weighted by atomic mass is 10.2. The van der Waals surface area contributed by atoms with E-state index in [4.69, 9.17) is 0 Å². The fourth-order valence-corrected chi connectivity index (χ4v) is 2.04. The monoisotopic (exact) mass is 282 g/mol. The largest absolute Gasteiger partial charge is 0.401 e. The smallest absolute Gasteiger partial charge is 0.315 e. The Morgan fingerprint density at radius 2 is 1.63 bits per heavy atom. The summed E-state index contributed by atoms with van der Waals surface area (Å²) in [5.74, 6) is 0. The van der Waals surface area contributed by atoms with E-state index in [2.05, 4.69) is 19.2 Å². The van der Waals surface area contributed by atoms with Gasteiger partial charge in [-0.1, -0.05) is 33.6 Å². The maximum atomic E-state index is 12.3. The van der Waals surface area contributed by atoms with E-state index in [0.29, 0.717) is 19.1 Å². The van der Waals surface area contributed by atoms with Crippen molar-refractivity contribution in [3.05, 3.63) is 0 Å². The molecule has 1 N–H and O–H groups in total. The van der Waals surface area contributed by atoms with Gasteiger partial charge in [-0.3, -0.25) is 4.90 Å². The molecule has 0 bridgehead atoms. The second-order valence-corrected chi connectivity index (χ2v) is 5.41. The van der Waals surface area contributed by atoms with Crippen molar-refractivity contribution in [2.45, 2.75) is 65.1 Å². The minimum atomic E-state index is -4.07. The molecule has 0 atom stereocenters. The summed E-state index contributed by atoms with van der Waals surface area (Å²) in [4.78, 5) is 1.52. The number of nitrogens with one attached hydrogen (secondary N) is 1. The van der Waals surface area contributed by atoms with Gasteiger partial charge in [0, 0.05) is 6.04 Å². The van der Waals surface area contributed by atoms with Crippen molar-refractivity contribution in [3.8, 4) is 0 Å². The zero-order valence-electron chi connectivity index (χ0n) is 12.5. The van der Waals surface area contributed by atoms with Gasteiger partial charge in [0.05, 0.1) is 6.54 Å². The molecule has 19 heavy (non-hydrogen) atoms. The number of unbranched alkanes of at least 4 members (excludes halogenated alkanes) is 3. The van der Waals surface area contributed by atoms with E-state index < -0.39 is 12.7 Å². The Hall–Kier alpha value is -0.290. The molecule has 2 nitrogen and oxygen atoms in total. The molecule has 0 aliphatic carbocycles. The lowest BCUT2D eigenvalue weighted by molar-refractivity contribution is -0.146. The van der Waals surface area contributed by atoms with E-state index in [1.807, 2.05) is 6.92 Å². The fourth-order valence-electron chi connectivity index (χ4n) is 2.04. The third-order valence-corrected chi connectivity index (χ3v) is 2.90. The minimum Gasteiger partial charge on any atom is -0.315 e. The summed E-state index contributed by atoms with van der Waals surface area (Å²) in [5, 5.41) is 3.34. The molecule has 0 amide bonds. The van der Waals surface area contributed by atoms with Crippen LogP contribution < -0.4 is 5.32 Å². The predicted octanol–water partition coefficient (Wildman–Crippen LogP) is 3.82. The lowest BCUT2D eigenvalue weighted by Crippen LogP contribution is -2.35. The maximum Gasteiger partial charge on any atom is 0.401 e. The van der Waals surface area contributed by atoms with E-state index in [1.54, 1.807) is 0 Å². The van der Waals surface area contributed by atoms with Crippen molar-refractivity contribution in [2.24, 2.45) is 0 Å². The standard InChI is InChI=1S/C14H29F3N2/c1-4-10-19(12-14(15,16)17)11-8-6-5-7-9-18-13(2)3/h13,18H,4-12H2,1-3H3. The summed E-state index contributed by atoms with van der Waals surface area (Å²) in [7, 11) is 0. The first kappa shape index (κ1) is 18.7. The zero-order chi connectivity index (χ0) is 14.7. The first-order chi connectivity index (χ1) is 8.85. The molecule has 0 aliphatic rings. The van der Waals surface area contributed by atoms with Crippen LogP contribution in [0.2, 0.25) is 0 Å². The van der Waals surface area contributed by atoms with Gasteiger partial charge >= 0.3 is 6.18 Å². The number of hydrogen-bond donors (Lipinski definition) is 1. The molecule has 0 aliphatic heterocycles. The molecule has 0 aromatic heterocycles. The van der Waals surface area contributed by atoms with Crippen LogP contribution in [-0.4, -0.2) is 43.3 Å². The second-order valence-electron chi connectivity index (χ2n) is 5.41. The van der Waals surface area contributed by atoms with E-state index in [9.17, 15) is 13.2 Å². The summed E-state index contributed by atoms with van der Waals surface area (Å²) >= 11 is 0. The van der Waals surface area contributed by atoms with Gasteiger partial charge < -0.3 is 5.32 Å². The Labute approximate surface area is 115 Å². The molecule has 0 spiro atoms. The normalized spacial score (nSPS) is 12.6. The van der Waals surface area contributed by atoms with Crippen molar-refractivity contribution in [2.75, 3.05) is 26.2 Å². The van der Waals surface area contributed by atoms with Crippen molar-refractivity contribution < 1.29 is 13.2 Å². The molecule has 0 saturated carbocycles. The minimum absolute atomic E-state index is 0.506. The number of hydrogen-bond acceptors (Lipinski definition) is 2. The third kappa shape index (κ3) is 13.9. The fraction of sp³-hybridized carbons (Fsp3) is 1.00. The van der Waals surface area contributed by atoms with Gasteiger partial charge in [-0.2, -0.15) is 13.2 Å². The summed E-state index contributed by atoms with van der Waals surface area (Å²) in [6.07, 6.45) is 0.761. The van der Waals surface area contributed by atoms with Crippen molar-refractivity contribution >= 4 is 0 Å². The van der Waals surface area contributed by atoms with Gasteiger partial charge in [-0.05, 0) is 38.9 Å². The van der Waals surface area contributed by atoms with Crippen LogP contribution in [0.1, 0.15) is 52.9 Å². The average molecular weight is 282 g/mol. The summed E-state index contributed by atoms with van der Waals surface area (Å²) in [6, 6.07) is 0.506. The topological polar surface area (TPSA) is 15.3 Å². The molecule has 0 rings (SSSR count). The zero-order valence-corrected chi connectivity index (χ0v) is 12.5. The Morgan fingerprint density at radius 3 is 2.16 bits per heavy atom. The molecule has 0 aromatic carbocycles. The van der Waals surface area contributed by atoms with Crippen molar-refractivity contribution in [1.82, 2.24) is 10.2 Å². The van der Waals surface area contributed by atoms with E-state index in [0.717, 1.165) is 38.6 Å². The molecule has 0 saturated heterocycles. The molecular formula is C14H29F3N2. The highest BCUT2D eigenvalue weighted by molar-refractivity contribution is 4.63. The molecule has 0 radical (unpaired) electrons.